The van der Waals surface area contributed by atoms with Crippen molar-refractivity contribution in [2.75, 3.05) is 7.05 Å². The van der Waals surface area contributed by atoms with Gasteiger partial charge in [-0.3, -0.25) is 0 Å². The van der Waals surface area contributed by atoms with Crippen LogP contribution in [0.1, 0.15) is 55.2 Å². The van der Waals surface area contributed by atoms with Gasteiger partial charge in [0.05, 0.1) is 17.4 Å². The highest BCUT2D eigenvalue weighted by Crippen LogP contribution is 2.26. The van der Waals surface area contributed by atoms with Crippen molar-refractivity contribution in [2.45, 2.75) is 52.0 Å². The van der Waals surface area contributed by atoms with Crippen molar-refractivity contribution in [2.24, 2.45) is 0 Å². The molecule has 0 saturated heterocycles. The molecule has 4 heteroatoms. The van der Waals surface area contributed by atoms with Gasteiger partial charge in [0, 0.05) is 0 Å². The van der Waals surface area contributed by atoms with Crippen LogP contribution in [0.25, 0.3) is 5.69 Å². The van der Waals surface area contributed by atoms with Crippen molar-refractivity contribution in [3.63, 3.8) is 0 Å². The monoisotopic (exact) mass is 284 g/mol. The fourth-order valence-corrected chi connectivity index (χ4v) is 3.35. The Morgan fingerprint density at radius 3 is 2.76 bits per heavy atom. The molecule has 0 radical (unpaired) electrons. The van der Waals surface area contributed by atoms with Crippen LogP contribution in [0, 0.1) is 0 Å². The van der Waals surface area contributed by atoms with E-state index in [-0.39, 0.29) is 6.04 Å². The Labute approximate surface area is 126 Å². The summed E-state index contributed by atoms with van der Waals surface area (Å²) in [5, 5.41) is 12.2. The van der Waals surface area contributed by atoms with E-state index >= 15 is 0 Å². The number of aromatic nitrogens is 3. The van der Waals surface area contributed by atoms with Crippen LogP contribution in [0.5, 0.6) is 0 Å². The fourth-order valence-electron chi connectivity index (χ4n) is 3.35. The zero-order valence-corrected chi connectivity index (χ0v) is 13.2. The molecule has 0 spiro atoms. The summed E-state index contributed by atoms with van der Waals surface area (Å²) in [6.07, 6.45) is 5.65. The summed E-state index contributed by atoms with van der Waals surface area (Å²) in [5.74, 6) is 0. The van der Waals surface area contributed by atoms with Crippen molar-refractivity contribution < 1.29 is 0 Å². The summed E-state index contributed by atoms with van der Waals surface area (Å²) in [5.41, 5.74) is 6.43. The first-order valence-corrected chi connectivity index (χ1v) is 8.02. The summed E-state index contributed by atoms with van der Waals surface area (Å²) in [6, 6.07) is 7.01. The number of hydrogen-bond donors (Lipinski definition) is 1. The molecule has 1 aromatic carbocycles. The molecule has 0 saturated carbocycles. The lowest BCUT2D eigenvalue weighted by Crippen LogP contribution is -2.17. The van der Waals surface area contributed by atoms with Crippen LogP contribution < -0.4 is 5.32 Å². The number of nitrogens with zero attached hydrogens (tertiary/aromatic N) is 3. The van der Waals surface area contributed by atoms with Crippen LogP contribution in [0.4, 0.5) is 0 Å². The second-order valence-corrected chi connectivity index (χ2v) is 5.74. The van der Waals surface area contributed by atoms with Crippen LogP contribution in [-0.2, 0) is 19.3 Å². The lowest BCUT2D eigenvalue weighted by molar-refractivity contribution is 0.555. The third-order valence-corrected chi connectivity index (χ3v) is 4.54. The minimum atomic E-state index is 0.281. The van der Waals surface area contributed by atoms with Gasteiger partial charge < -0.3 is 5.32 Å². The van der Waals surface area contributed by atoms with Crippen molar-refractivity contribution in [1.29, 1.82) is 0 Å². The predicted molar refractivity (Wildman–Crippen MR) is 84.9 cm³/mol. The number of hydrogen-bond acceptors (Lipinski definition) is 3. The molecule has 1 unspecified atom stereocenters. The smallest absolute Gasteiger partial charge is 0.103 e. The van der Waals surface area contributed by atoms with Crippen molar-refractivity contribution in [3.05, 3.63) is 40.7 Å². The molecule has 1 heterocycles. The zero-order valence-electron chi connectivity index (χ0n) is 13.2. The molecule has 1 N–H and O–H groups in total. The highest BCUT2D eigenvalue weighted by atomic mass is 15.4. The van der Waals surface area contributed by atoms with E-state index in [1.165, 1.54) is 36.1 Å². The predicted octanol–water partition coefficient (Wildman–Crippen LogP) is 2.99. The molecule has 2 aromatic rings. The molecule has 1 aliphatic carbocycles. The van der Waals surface area contributed by atoms with E-state index in [0.29, 0.717) is 0 Å². The molecule has 1 atom stereocenters. The normalized spacial score (nSPS) is 15.2. The summed E-state index contributed by atoms with van der Waals surface area (Å²) in [6.45, 7) is 4.35. The van der Waals surface area contributed by atoms with E-state index in [2.05, 4.69) is 47.7 Å². The molecule has 1 aromatic heterocycles. The van der Waals surface area contributed by atoms with Gasteiger partial charge in [0.15, 0.2) is 0 Å². The van der Waals surface area contributed by atoms with Gasteiger partial charge in [-0.15, -0.1) is 5.10 Å². The van der Waals surface area contributed by atoms with E-state index in [0.717, 1.165) is 24.2 Å². The lowest BCUT2D eigenvalue weighted by atomic mass is 10.1. The molecular formula is C17H24N4. The van der Waals surface area contributed by atoms with Gasteiger partial charge in [-0.2, -0.15) is 0 Å². The molecule has 3 rings (SSSR count). The maximum absolute atomic E-state index is 4.45. The number of nitrogens with one attached hydrogen (secondary N) is 1. The Hall–Kier alpha value is -1.68. The maximum Gasteiger partial charge on any atom is 0.103 e. The number of aryl methyl sites for hydroxylation is 2. The molecule has 0 aliphatic heterocycles. The van der Waals surface area contributed by atoms with Crippen molar-refractivity contribution in [1.82, 2.24) is 20.3 Å². The largest absolute Gasteiger partial charge is 0.312 e. The summed E-state index contributed by atoms with van der Waals surface area (Å²) in [7, 11) is 1.99. The Bertz CT molecular complexity index is 626. The summed E-state index contributed by atoms with van der Waals surface area (Å²) >= 11 is 0. The highest BCUT2D eigenvalue weighted by molar-refractivity contribution is 5.43. The summed E-state index contributed by atoms with van der Waals surface area (Å²) < 4.78 is 2.02. The van der Waals surface area contributed by atoms with Crippen LogP contribution in [0.15, 0.2) is 18.2 Å². The SMILES string of the molecule is CCc1c(C(CC)NC)nnn1-c1ccc2c(c1)CCC2. The van der Waals surface area contributed by atoms with Crippen LogP contribution >= 0.6 is 0 Å². The first-order chi connectivity index (χ1) is 10.3. The van der Waals surface area contributed by atoms with Crippen LogP contribution in [0.3, 0.4) is 0 Å². The van der Waals surface area contributed by atoms with Crippen LogP contribution in [0.2, 0.25) is 0 Å². The molecular weight excluding hydrogens is 260 g/mol. The second-order valence-electron chi connectivity index (χ2n) is 5.74. The van der Waals surface area contributed by atoms with Gasteiger partial charge >= 0.3 is 0 Å². The average molecular weight is 284 g/mol. The Morgan fingerprint density at radius 1 is 1.24 bits per heavy atom. The van der Waals surface area contributed by atoms with Crippen molar-refractivity contribution in [3.8, 4) is 5.69 Å². The third kappa shape index (κ3) is 2.48. The molecule has 0 bridgehead atoms. The molecule has 0 amide bonds. The van der Waals surface area contributed by atoms with Crippen LogP contribution in [-0.4, -0.2) is 22.0 Å². The fraction of sp³-hybridized carbons (Fsp3) is 0.529. The van der Waals surface area contributed by atoms with Gasteiger partial charge in [0.1, 0.15) is 5.69 Å². The van der Waals surface area contributed by atoms with E-state index in [1.807, 2.05) is 11.7 Å². The molecule has 4 nitrogen and oxygen atoms in total. The first kappa shape index (κ1) is 14.3. The topological polar surface area (TPSA) is 42.7 Å². The van der Waals surface area contributed by atoms with E-state index in [1.54, 1.807) is 0 Å². The zero-order chi connectivity index (χ0) is 14.8. The van der Waals surface area contributed by atoms with E-state index < -0.39 is 0 Å². The van der Waals surface area contributed by atoms with Gasteiger partial charge in [-0.05, 0) is 62.4 Å². The number of fused-ring (bicyclic) bond motifs is 1. The summed E-state index contributed by atoms with van der Waals surface area (Å²) in [4.78, 5) is 0. The minimum Gasteiger partial charge on any atom is -0.312 e. The van der Waals surface area contributed by atoms with Gasteiger partial charge in [0.2, 0.25) is 0 Å². The Balaban J connectivity index is 2.02. The molecule has 21 heavy (non-hydrogen) atoms. The average Bonchev–Trinajstić information content (AvgIpc) is 3.14. The lowest BCUT2D eigenvalue weighted by Gasteiger charge is -2.13. The molecule has 112 valence electrons. The van der Waals surface area contributed by atoms with Gasteiger partial charge in [-0.1, -0.05) is 25.1 Å². The van der Waals surface area contributed by atoms with E-state index in [9.17, 15) is 0 Å². The number of benzene rings is 1. The number of rotatable bonds is 5. The Morgan fingerprint density at radius 2 is 2.05 bits per heavy atom. The molecule has 0 fully saturated rings. The quantitative estimate of drug-likeness (QED) is 0.918. The molecule has 1 aliphatic rings. The Kier molecular flexibility index (Phi) is 4.06. The third-order valence-electron chi connectivity index (χ3n) is 4.54. The maximum atomic E-state index is 4.45. The van der Waals surface area contributed by atoms with E-state index in [4.69, 9.17) is 0 Å². The minimum absolute atomic E-state index is 0.281. The van der Waals surface area contributed by atoms with Crippen molar-refractivity contribution >= 4 is 0 Å². The highest BCUT2D eigenvalue weighted by Gasteiger charge is 2.20. The van der Waals surface area contributed by atoms with Gasteiger partial charge in [0.25, 0.3) is 0 Å². The first-order valence-electron chi connectivity index (χ1n) is 8.02. The standard InChI is InChI=1S/C17H24N4/c1-4-15(18-3)17-16(5-2)21(20-19-17)14-10-9-12-7-6-8-13(12)11-14/h9-11,15,18H,4-8H2,1-3H3. The van der Waals surface area contributed by atoms with Gasteiger partial charge in [-0.25, -0.2) is 4.68 Å². The second kappa shape index (κ2) is 5.98.